The van der Waals surface area contributed by atoms with Gasteiger partial charge in [0.05, 0.1) is 13.7 Å². The molecule has 0 saturated heterocycles. The van der Waals surface area contributed by atoms with E-state index in [2.05, 4.69) is 6.58 Å². The van der Waals surface area contributed by atoms with E-state index in [-0.39, 0.29) is 5.57 Å². The largest absolute Gasteiger partial charge is 0.493 e. The first-order valence-corrected chi connectivity index (χ1v) is 5.39. The van der Waals surface area contributed by atoms with Crippen molar-refractivity contribution < 1.29 is 19.0 Å². The quantitative estimate of drug-likeness (QED) is 0.584. The molecule has 1 amide bonds. The van der Waals surface area contributed by atoms with Crippen LogP contribution in [0.3, 0.4) is 0 Å². The highest BCUT2D eigenvalue weighted by Crippen LogP contribution is 2.30. The van der Waals surface area contributed by atoms with E-state index in [9.17, 15) is 4.79 Å². The van der Waals surface area contributed by atoms with Crippen LogP contribution in [0.2, 0.25) is 0 Å². The summed E-state index contributed by atoms with van der Waals surface area (Å²) in [4.78, 5) is 11.0. The van der Waals surface area contributed by atoms with E-state index in [0.717, 1.165) is 0 Å². The number of rotatable bonds is 7. The lowest BCUT2D eigenvalue weighted by Crippen LogP contribution is -2.12. The Balaban J connectivity index is 2.89. The summed E-state index contributed by atoms with van der Waals surface area (Å²) in [7, 11) is 3.12. The van der Waals surface area contributed by atoms with Gasteiger partial charge in [-0.15, -0.1) is 0 Å². The summed E-state index contributed by atoms with van der Waals surface area (Å²) >= 11 is 0. The van der Waals surface area contributed by atoms with Crippen LogP contribution in [-0.4, -0.2) is 33.3 Å². The molecule has 98 valence electrons. The van der Waals surface area contributed by atoms with Crippen LogP contribution in [0.15, 0.2) is 24.8 Å². The molecule has 0 bridgehead atoms. The molecule has 0 aliphatic carbocycles. The third-order valence-electron chi connectivity index (χ3n) is 2.35. The molecule has 2 N–H and O–H groups in total. The fourth-order valence-corrected chi connectivity index (χ4v) is 1.35. The fraction of sp³-hybridized carbons (Fsp3) is 0.308. The smallest absolute Gasteiger partial charge is 0.248 e. The summed E-state index contributed by atoms with van der Waals surface area (Å²) in [6.07, 6.45) is 0. The number of hydrogen-bond acceptors (Lipinski definition) is 4. The second-order valence-corrected chi connectivity index (χ2v) is 3.55. The molecule has 5 nitrogen and oxygen atoms in total. The molecule has 5 heteroatoms. The van der Waals surface area contributed by atoms with Crippen LogP contribution in [0.5, 0.6) is 11.5 Å². The van der Waals surface area contributed by atoms with Crippen LogP contribution in [0.1, 0.15) is 5.56 Å². The van der Waals surface area contributed by atoms with E-state index in [4.69, 9.17) is 19.9 Å². The number of carbonyl (C=O) groups excluding carboxylic acids is 1. The second kappa shape index (κ2) is 6.66. The van der Waals surface area contributed by atoms with Crippen molar-refractivity contribution in [2.75, 3.05) is 27.4 Å². The molecular weight excluding hydrogens is 234 g/mol. The average molecular weight is 251 g/mol. The number of benzene rings is 1. The summed E-state index contributed by atoms with van der Waals surface area (Å²) in [5, 5.41) is 0. The fourth-order valence-electron chi connectivity index (χ4n) is 1.35. The number of nitrogens with two attached hydrogens (primary N) is 1. The molecule has 18 heavy (non-hydrogen) atoms. The maximum absolute atomic E-state index is 11.0. The molecule has 0 radical (unpaired) electrons. The van der Waals surface area contributed by atoms with Crippen molar-refractivity contribution in [3.8, 4) is 11.5 Å². The molecule has 1 aromatic carbocycles. The first-order valence-electron chi connectivity index (χ1n) is 5.39. The van der Waals surface area contributed by atoms with E-state index < -0.39 is 5.91 Å². The minimum absolute atomic E-state index is 0.233. The van der Waals surface area contributed by atoms with Gasteiger partial charge in [0.15, 0.2) is 11.5 Å². The normalized spacial score (nSPS) is 9.89. The van der Waals surface area contributed by atoms with Gasteiger partial charge in [0.1, 0.15) is 6.61 Å². The molecule has 0 aliphatic rings. The summed E-state index contributed by atoms with van der Waals surface area (Å²) in [6.45, 7) is 4.52. The van der Waals surface area contributed by atoms with Gasteiger partial charge in [0.25, 0.3) is 0 Å². The van der Waals surface area contributed by atoms with Crippen molar-refractivity contribution in [3.63, 3.8) is 0 Å². The third-order valence-corrected chi connectivity index (χ3v) is 2.35. The zero-order valence-electron chi connectivity index (χ0n) is 10.6. The van der Waals surface area contributed by atoms with Crippen LogP contribution in [0.25, 0.3) is 5.57 Å². The Bertz CT molecular complexity index is 443. The Morgan fingerprint density at radius 1 is 1.28 bits per heavy atom. The van der Waals surface area contributed by atoms with Gasteiger partial charge in [0.2, 0.25) is 5.91 Å². The van der Waals surface area contributed by atoms with Crippen molar-refractivity contribution in [2.45, 2.75) is 0 Å². The van der Waals surface area contributed by atoms with E-state index in [1.54, 1.807) is 25.3 Å². The number of hydrogen-bond donors (Lipinski definition) is 1. The molecule has 0 heterocycles. The van der Waals surface area contributed by atoms with Crippen LogP contribution < -0.4 is 15.2 Å². The van der Waals surface area contributed by atoms with Crippen molar-refractivity contribution in [2.24, 2.45) is 5.73 Å². The minimum atomic E-state index is -0.565. The number of primary amides is 1. The lowest BCUT2D eigenvalue weighted by molar-refractivity contribution is -0.112. The molecule has 0 unspecified atom stereocenters. The van der Waals surface area contributed by atoms with E-state index >= 15 is 0 Å². The van der Waals surface area contributed by atoms with Crippen molar-refractivity contribution in [3.05, 3.63) is 30.3 Å². The molecule has 0 aromatic heterocycles. The predicted molar refractivity (Wildman–Crippen MR) is 68.6 cm³/mol. The van der Waals surface area contributed by atoms with Gasteiger partial charge < -0.3 is 19.9 Å². The lowest BCUT2D eigenvalue weighted by Gasteiger charge is -2.12. The topological polar surface area (TPSA) is 70.8 Å². The number of carbonyl (C=O) groups is 1. The molecular formula is C13H17NO4. The second-order valence-electron chi connectivity index (χ2n) is 3.55. The monoisotopic (exact) mass is 251 g/mol. The molecule has 0 aliphatic heterocycles. The highest BCUT2D eigenvalue weighted by molar-refractivity contribution is 6.17. The standard InChI is InChI=1S/C13H17NO4/c1-9(13(14)15)10-4-5-11(12(8-10)17-3)18-7-6-16-2/h4-5,8H,1,6-7H2,2-3H3,(H2,14,15). The highest BCUT2D eigenvalue weighted by atomic mass is 16.5. The molecule has 0 atom stereocenters. The Kier molecular flexibility index (Phi) is 5.20. The molecule has 1 rings (SSSR count). The van der Waals surface area contributed by atoms with Crippen molar-refractivity contribution >= 4 is 11.5 Å². The van der Waals surface area contributed by atoms with Crippen LogP contribution in [0, 0.1) is 0 Å². The predicted octanol–water partition coefficient (Wildman–Crippen LogP) is 1.22. The Hall–Kier alpha value is -2.01. The third kappa shape index (κ3) is 3.49. The van der Waals surface area contributed by atoms with E-state index in [1.807, 2.05) is 0 Å². The van der Waals surface area contributed by atoms with Gasteiger partial charge >= 0.3 is 0 Å². The first kappa shape index (κ1) is 14.1. The Morgan fingerprint density at radius 2 is 2.00 bits per heavy atom. The Morgan fingerprint density at radius 3 is 2.56 bits per heavy atom. The first-order chi connectivity index (χ1) is 8.60. The van der Waals surface area contributed by atoms with E-state index in [0.29, 0.717) is 30.3 Å². The summed E-state index contributed by atoms with van der Waals surface area (Å²) in [5.41, 5.74) is 6.01. The van der Waals surface area contributed by atoms with Gasteiger partial charge in [-0.05, 0) is 17.7 Å². The van der Waals surface area contributed by atoms with Crippen LogP contribution in [-0.2, 0) is 9.53 Å². The maximum Gasteiger partial charge on any atom is 0.248 e. The van der Waals surface area contributed by atoms with Crippen LogP contribution >= 0.6 is 0 Å². The van der Waals surface area contributed by atoms with Gasteiger partial charge in [-0.2, -0.15) is 0 Å². The number of ether oxygens (including phenoxy) is 3. The molecule has 0 fully saturated rings. The summed E-state index contributed by atoms with van der Waals surface area (Å²) < 4.78 is 15.5. The SMILES string of the molecule is C=C(C(N)=O)c1ccc(OCCOC)c(OC)c1. The van der Waals surface area contributed by atoms with Gasteiger partial charge in [-0.3, -0.25) is 4.79 Å². The number of methoxy groups -OCH3 is 2. The van der Waals surface area contributed by atoms with Gasteiger partial charge in [0, 0.05) is 12.7 Å². The van der Waals surface area contributed by atoms with Crippen molar-refractivity contribution in [1.29, 1.82) is 0 Å². The summed E-state index contributed by atoms with van der Waals surface area (Å²) in [6, 6.07) is 5.07. The number of amides is 1. The van der Waals surface area contributed by atoms with E-state index in [1.165, 1.54) is 7.11 Å². The zero-order chi connectivity index (χ0) is 13.5. The highest BCUT2D eigenvalue weighted by Gasteiger charge is 2.10. The van der Waals surface area contributed by atoms with Crippen molar-refractivity contribution in [1.82, 2.24) is 0 Å². The molecule has 0 spiro atoms. The zero-order valence-corrected chi connectivity index (χ0v) is 10.6. The minimum Gasteiger partial charge on any atom is -0.493 e. The summed E-state index contributed by atoms with van der Waals surface area (Å²) in [5.74, 6) is 0.534. The van der Waals surface area contributed by atoms with Gasteiger partial charge in [-0.1, -0.05) is 12.6 Å². The van der Waals surface area contributed by atoms with Gasteiger partial charge in [-0.25, -0.2) is 0 Å². The Labute approximate surface area is 106 Å². The molecule has 0 saturated carbocycles. The molecule has 1 aromatic rings. The van der Waals surface area contributed by atoms with Crippen LogP contribution in [0.4, 0.5) is 0 Å². The lowest BCUT2D eigenvalue weighted by atomic mass is 10.1. The maximum atomic E-state index is 11.0. The average Bonchev–Trinajstić information content (AvgIpc) is 2.38.